The number of pyridine rings is 1. The summed E-state index contributed by atoms with van der Waals surface area (Å²) in [6, 6.07) is 3.83. The normalized spacial score (nSPS) is 23.4. The van der Waals surface area contributed by atoms with E-state index in [9.17, 15) is 0 Å². The van der Waals surface area contributed by atoms with Gasteiger partial charge in [0.1, 0.15) is 0 Å². The molecular formula is C12H14N4O2. The number of nitrogens with zero attached hydrogens (tertiary/aromatic N) is 3. The predicted octanol–water partition coefficient (Wildman–Crippen LogP) is 1.18. The van der Waals surface area contributed by atoms with Crippen molar-refractivity contribution in [3.8, 4) is 11.4 Å². The van der Waals surface area contributed by atoms with Crippen molar-refractivity contribution in [1.82, 2.24) is 20.4 Å². The highest BCUT2D eigenvalue weighted by atomic mass is 16.5. The second-order valence-electron chi connectivity index (χ2n) is 4.25. The fourth-order valence-corrected chi connectivity index (χ4v) is 2.06. The van der Waals surface area contributed by atoms with Crippen LogP contribution in [-0.4, -0.2) is 34.9 Å². The van der Waals surface area contributed by atoms with Gasteiger partial charge in [-0.25, -0.2) is 0 Å². The zero-order valence-electron chi connectivity index (χ0n) is 10.0. The highest BCUT2D eigenvalue weighted by molar-refractivity contribution is 5.51. The lowest BCUT2D eigenvalue weighted by atomic mass is 10.2. The topological polar surface area (TPSA) is 73.1 Å². The van der Waals surface area contributed by atoms with E-state index in [2.05, 4.69) is 20.4 Å². The molecule has 18 heavy (non-hydrogen) atoms. The Morgan fingerprint density at radius 1 is 1.50 bits per heavy atom. The van der Waals surface area contributed by atoms with Gasteiger partial charge < -0.3 is 14.6 Å². The lowest BCUT2D eigenvalue weighted by Gasteiger charge is -2.04. The Labute approximate surface area is 104 Å². The Hall–Kier alpha value is -1.79. The van der Waals surface area contributed by atoms with Crippen molar-refractivity contribution >= 4 is 0 Å². The van der Waals surface area contributed by atoms with Crippen molar-refractivity contribution in [1.29, 1.82) is 0 Å². The number of ether oxygens (including phenoxy) is 1. The first-order chi connectivity index (χ1) is 8.86. The van der Waals surface area contributed by atoms with Gasteiger partial charge in [-0.15, -0.1) is 0 Å². The van der Waals surface area contributed by atoms with Crippen molar-refractivity contribution < 1.29 is 9.26 Å². The third kappa shape index (κ3) is 2.12. The first kappa shape index (κ1) is 11.3. The molecule has 1 N–H and O–H groups in total. The number of hydrogen-bond acceptors (Lipinski definition) is 6. The van der Waals surface area contributed by atoms with Gasteiger partial charge in [-0.2, -0.15) is 4.98 Å². The van der Waals surface area contributed by atoms with Crippen molar-refractivity contribution in [3.05, 3.63) is 30.4 Å². The van der Waals surface area contributed by atoms with E-state index in [1.807, 2.05) is 12.1 Å². The lowest BCUT2D eigenvalue weighted by molar-refractivity contribution is 0.116. The molecule has 1 aliphatic rings. The summed E-state index contributed by atoms with van der Waals surface area (Å²) in [4.78, 5) is 8.43. The predicted molar refractivity (Wildman–Crippen MR) is 63.7 cm³/mol. The molecule has 1 fully saturated rings. The van der Waals surface area contributed by atoms with E-state index in [4.69, 9.17) is 9.26 Å². The van der Waals surface area contributed by atoms with E-state index in [0.717, 1.165) is 18.5 Å². The highest BCUT2D eigenvalue weighted by Gasteiger charge is 2.29. The van der Waals surface area contributed by atoms with Crippen LogP contribution in [0.1, 0.15) is 18.4 Å². The molecule has 6 nitrogen and oxygen atoms in total. The van der Waals surface area contributed by atoms with Crippen molar-refractivity contribution in [2.45, 2.75) is 18.6 Å². The molecule has 0 aliphatic carbocycles. The molecule has 0 bridgehead atoms. The molecule has 6 heteroatoms. The quantitative estimate of drug-likeness (QED) is 0.876. The van der Waals surface area contributed by atoms with Crippen LogP contribution in [0.5, 0.6) is 0 Å². The summed E-state index contributed by atoms with van der Waals surface area (Å²) in [6.07, 6.45) is 4.50. The Morgan fingerprint density at radius 3 is 3.17 bits per heavy atom. The van der Waals surface area contributed by atoms with Crippen LogP contribution in [0, 0.1) is 0 Å². The molecule has 94 valence electrons. The van der Waals surface area contributed by atoms with Crippen LogP contribution in [-0.2, 0) is 4.74 Å². The molecule has 1 aliphatic heterocycles. The standard InChI is InChI=1S/C12H14N4O2/c1-17-9-5-10(14-7-9)12-15-11(16-18-12)8-3-2-4-13-6-8/h2-4,6,9-10,14H,5,7H2,1H3/t9-,10+/m0/s1. The van der Waals surface area contributed by atoms with Crippen LogP contribution in [0.4, 0.5) is 0 Å². The zero-order valence-corrected chi connectivity index (χ0v) is 10.0. The van der Waals surface area contributed by atoms with Crippen LogP contribution in [0.25, 0.3) is 11.4 Å². The molecular weight excluding hydrogens is 232 g/mol. The van der Waals surface area contributed by atoms with Crippen LogP contribution in [0.2, 0.25) is 0 Å². The lowest BCUT2D eigenvalue weighted by Crippen LogP contribution is -2.16. The second-order valence-corrected chi connectivity index (χ2v) is 4.25. The van der Waals surface area contributed by atoms with Gasteiger partial charge in [0.2, 0.25) is 11.7 Å². The fraction of sp³-hybridized carbons (Fsp3) is 0.417. The Balaban J connectivity index is 1.78. The third-order valence-electron chi connectivity index (χ3n) is 3.08. The highest BCUT2D eigenvalue weighted by Crippen LogP contribution is 2.25. The monoisotopic (exact) mass is 246 g/mol. The molecule has 1 saturated heterocycles. The molecule has 0 unspecified atom stereocenters. The van der Waals surface area contributed by atoms with Gasteiger partial charge in [0.25, 0.3) is 0 Å². The van der Waals surface area contributed by atoms with Crippen LogP contribution >= 0.6 is 0 Å². The Bertz CT molecular complexity index is 514. The van der Waals surface area contributed by atoms with Crippen LogP contribution in [0.15, 0.2) is 29.0 Å². The van der Waals surface area contributed by atoms with Gasteiger partial charge in [0, 0.05) is 31.6 Å². The molecule has 0 radical (unpaired) electrons. The number of nitrogens with one attached hydrogen (secondary N) is 1. The van der Waals surface area contributed by atoms with Gasteiger partial charge in [-0.1, -0.05) is 5.16 Å². The molecule has 0 aromatic carbocycles. The first-order valence-corrected chi connectivity index (χ1v) is 5.87. The molecule has 0 spiro atoms. The summed E-state index contributed by atoms with van der Waals surface area (Å²) in [6.45, 7) is 0.811. The van der Waals surface area contributed by atoms with Crippen LogP contribution in [0.3, 0.4) is 0 Å². The minimum Gasteiger partial charge on any atom is -0.380 e. The first-order valence-electron chi connectivity index (χ1n) is 5.87. The number of methoxy groups -OCH3 is 1. The van der Waals surface area contributed by atoms with Crippen molar-refractivity contribution in [2.75, 3.05) is 13.7 Å². The number of rotatable bonds is 3. The van der Waals surface area contributed by atoms with Crippen molar-refractivity contribution in [3.63, 3.8) is 0 Å². The average molecular weight is 246 g/mol. The molecule has 0 saturated carbocycles. The summed E-state index contributed by atoms with van der Waals surface area (Å²) in [7, 11) is 1.71. The van der Waals surface area contributed by atoms with E-state index in [-0.39, 0.29) is 12.1 Å². The zero-order chi connectivity index (χ0) is 12.4. The van der Waals surface area contributed by atoms with E-state index < -0.39 is 0 Å². The fourth-order valence-electron chi connectivity index (χ4n) is 2.06. The summed E-state index contributed by atoms with van der Waals surface area (Å²) in [5, 5.41) is 7.28. The minimum absolute atomic E-state index is 0.0767. The Morgan fingerprint density at radius 2 is 2.44 bits per heavy atom. The van der Waals surface area contributed by atoms with Crippen LogP contribution < -0.4 is 5.32 Å². The van der Waals surface area contributed by atoms with E-state index in [1.165, 1.54) is 0 Å². The summed E-state index contributed by atoms with van der Waals surface area (Å²) in [5.41, 5.74) is 0.855. The maximum Gasteiger partial charge on any atom is 0.244 e. The smallest absolute Gasteiger partial charge is 0.244 e. The molecule has 2 aromatic rings. The molecule has 2 aromatic heterocycles. The maximum atomic E-state index is 5.29. The van der Waals surface area contributed by atoms with Gasteiger partial charge in [-0.3, -0.25) is 4.98 Å². The minimum atomic E-state index is 0.0767. The maximum absolute atomic E-state index is 5.29. The van der Waals surface area contributed by atoms with Crippen molar-refractivity contribution in [2.24, 2.45) is 0 Å². The summed E-state index contributed by atoms with van der Waals surface area (Å²) in [5.74, 6) is 1.18. The van der Waals surface area contributed by atoms with E-state index in [1.54, 1.807) is 19.5 Å². The van der Waals surface area contributed by atoms with Gasteiger partial charge in [-0.05, 0) is 18.6 Å². The van der Waals surface area contributed by atoms with E-state index >= 15 is 0 Å². The number of hydrogen-bond donors (Lipinski definition) is 1. The summed E-state index contributed by atoms with van der Waals surface area (Å²) >= 11 is 0. The molecule has 0 amide bonds. The Kier molecular flexibility index (Phi) is 3.04. The number of aromatic nitrogens is 3. The average Bonchev–Trinajstić information content (AvgIpc) is 3.08. The summed E-state index contributed by atoms with van der Waals surface area (Å²) < 4.78 is 10.6. The molecule has 3 rings (SSSR count). The third-order valence-corrected chi connectivity index (χ3v) is 3.08. The molecule has 2 atom stereocenters. The van der Waals surface area contributed by atoms with Gasteiger partial charge >= 0.3 is 0 Å². The largest absolute Gasteiger partial charge is 0.380 e. The van der Waals surface area contributed by atoms with E-state index in [0.29, 0.717) is 11.7 Å². The molecule has 3 heterocycles. The SMILES string of the molecule is CO[C@@H]1CN[C@@H](c2nc(-c3cccnc3)no2)C1. The van der Waals surface area contributed by atoms with Gasteiger partial charge in [0.05, 0.1) is 12.1 Å². The van der Waals surface area contributed by atoms with Gasteiger partial charge in [0.15, 0.2) is 0 Å². The second kappa shape index (κ2) is 4.83.